The van der Waals surface area contributed by atoms with Crippen LogP contribution in [0, 0.1) is 11.3 Å². The third-order valence-electron chi connectivity index (χ3n) is 2.98. The summed E-state index contributed by atoms with van der Waals surface area (Å²) in [6.07, 6.45) is 0. The average Bonchev–Trinajstić information content (AvgIpc) is 2.49. The molecule has 2 aromatic rings. The second-order valence-corrected chi connectivity index (χ2v) is 4.16. The molecule has 0 unspecified atom stereocenters. The Hall–Kier alpha value is -2.58. The highest BCUT2D eigenvalue weighted by molar-refractivity contribution is 5.62. The van der Waals surface area contributed by atoms with E-state index >= 15 is 0 Å². The molecule has 0 aliphatic carbocycles. The van der Waals surface area contributed by atoms with Crippen molar-refractivity contribution in [2.45, 2.75) is 6.54 Å². The topological polar surface area (TPSA) is 75.2 Å². The van der Waals surface area contributed by atoms with Gasteiger partial charge in [-0.15, -0.1) is 0 Å². The molecule has 0 radical (unpaired) electrons. The summed E-state index contributed by atoms with van der Waals surface area (Å²) in [5, 5.41) is 18.0. The van der Waals surface area contributed by atoms with Gasteiger partial charge >= 0.3 is 0 Å². The fourth-order valence-corrected chi connectivity index (χ4v) is 2.02. The Bertz CT molecular complexity index is 714. The maximum atomic E-state index is 12.1. The Morgan fingerprint density at radius 1 is 1.35 bits per heavy atom. The molecule has 0 aliphatic heterocycles. The van der Waals surface area contributed by atoms with E-state index < -0.39 is 5.56 Å². The number of hydrogen-bond acceptors (Lipinski definition) is 4. The van der Waals surface area contributed by atoms with E-state index in [0.29, 0.717) is 11.4 Å². The second kappa shape index (κ2) is 6.04. The fourth-order valence-electron chi connectivity index (χ4n) is 2.02. The first-order valence-electron chi connectivity index (χ1n) is 6.10. The average molecular weight is 270 g/mol. The number of benzene rings is 1. The maximum absolute atomic E-state index is 12.1. The first-order chi connectivity index (χ1) is 9.71. The summed E-state index contributed by atoms with van der Waals surface area (Å²) in [7, 11) is 1.57. The molecule has 5 nitrogen and oxygen atoms in total. The Balaban J connectivity index is 2.64. The van der Waals surface area contributed by atoms with E-state index in [1.54, 1.807) is 19.2 Å². The van der Waals surface area contributed by atoms with E-state index in [0.717, 1.165) is 5.56 Å². The zero-order valence-corrected chi connectivity index (χ0v) is 11.0. The van der Waals surface area contributed by atoms with E-state index in [1.165, 1.54) is 10.6 Å². The van der Waals surface area contributed by atoms with Crippen molar-refractivity contribution in [3.63, 3.8) is 0 Å². The molecule has 20 heavy (non-hydrogen) atoms. The molecular weight excluding hydrogens is 256 g/mol. The van der Waals surface area contributed by atoms with Crippen molar-refractivity contribution in [3.8, 4) is 23.1 Å². The number of ether oxygens (including phenoxy) is 1. The van der Waals surface area contributed by atoms with Crippen LogP contribution in [-0.4, -0.2) is 23.4 Å². The SMILES string of the molecule is COc1cccc(-c2ccc(C#N)c(=O)n2CCO)c1. The molecule has 0 bridgehead atoms. The van der Waals surface area contributed by atoms with Crippen LogP contribution < -0.4 is 10.3 Å². The van der Waals surface area contributed by atoms with Crippen molar-refractivity contribution in [2.24, 2.45) is 0 Å². The number of nitrogens with zero attached hydrogens (tertiary/aromatic N) is 2. The number of pyridine rings is 1. The summed E-state index contributed by atoms with van der Waals surface area (Å²) in [5.41, 5.74) is 1.09. The number of nitriles is 1. The van der Waals surface area contributed by atoms with E-state index in [1.807, 2.05) is 24.3 Å². The molecule has 102 valence electrons. The summed E-state index contributed by atoms with van der Waals surface area (Å²) in [6.45, 7) is -0.0351. The van der Waals surface area contributed by atoms with Crippen LogP contribution in [0.15, 0.2) is 41.2 Å². The first-order valence-corrected chi connectivity index (χ1v) is 6.10. The predicted molar refractivity (Wildman–Crippen MR) is 74.5 cm³/mol. The van der Waals surface area contributed by atoms with Crippen LogP contribution in [0.4, 0.5) is 0 Å². The van der Waals surface area contributed by atoms with Crippen molar-refractivity contribution < 1.29 is 9.84 Å². The quantitative estimate of drug-likeness (QED) is 0.911. The van der Waals surface area contributed by atoms with Crippen molar-refractivity contribution in [1.29, 1.82) is 5.26 Å². The largest absolute Gasteiger partial charge is 0.497 e. The third-order valence-corrected chi connectivity index (χ3v) is 2.98. The zero-order chi connectivity index (χ0) is 14.5. The standard InChI is InChI=1S/C15H14N2O3/c1-20-13-4-2-3-11(9-13)14-6-5-12(10-16)15(19)17(14)7-8-18/h2-6,9,18H,7-8H2,1H3. The van der Waals surface area contributed by atoms with Gasteiger partial charge in [0, 0.05) is 12.1 Å². The minimum absolute atomic E-state index is 0.0603. The van der Waals surface area contributed by atoms with Gasteiger partial charge in [0.05, 0.1) is 19.4 Å². The highest BCUT2D eigenvalue weighted by Gasteiger charge is 2.10. The summed E-state index contributed by atoms with van der Waals surface area (Å²) >= 11 is 0. The van der Waals surface area contributed by atoms with Gasteiger partial charge in [-0.25, -0.2) is 0 Å². The monoisotopic (exact) mass is 270 g/mol. The number of hydrogen-bond donors (Lipinski definition) is 1. The minimum atomic E-state index is -0.401. The number of aliphatic hydroxyl groups excluding tert-OH is 1. The second-order valence-electron chi connectivity index (χ2n) is 4.16. The molecule has 0 aliphatic rings. The lowest BCUT2D eigenvalue weighted by atomic mass is 10.1. The summed E-state index contributed by atoms with van der Waals surface area (Å²) in [4.78, 5) is 12.1. The van der Waals surface area contributed by atoms with Gasteiger partial charge in [0.25, 0.3) is 5.56 Å². The lowest BCUT2D eigenvalue weighted by Gasteiger charge is -2.13. The predicted octanol–water partition coefficient (Wildman–Crippen LogP) is 1.39. The molecule has 0 amide bonds. The number of methoxy groups -OCH3 is 1. The van der Waals surface area contributed by atoms with E-state index in [9.17, 15) is 4.79 Å². The van der Waals surface area contributed by atoms with Gasteiger partial charge in [0.2, 0.25) is 0 Å². The molecular formula is C15H14N2O3. The van der Waals surface area contributed by atoms with Crippen LogP contribution in [-0.2, 0) is 6.54 Å². The van der Waals surface area contributed by atoms with Gasteiger partial charge in [-0.05, 0) is 24.3 Å². The van der Waals surface area contributed by atoms with Crippen LogP contribution in [0.3, 0.4) is 0 Å². The molecule has 5 heteroatoms. The van der Waals surface area contributed by atoms with Gasteiger partial charge in [0.1, 0.15) is 17.4 Å². The van der Waals surface area contributed by atoms with Crippen LogP contribution in [0.25, 0.3) is 11.3 Å². The molecule has 0 spiro atoms. The van der Waals surface area contributed by atoms with Gasteiger partial charge in [-0.3, -0.25) is 4.79 Å². The molecule has 1 N–H and O–H groups in total. The molecule has 2 rings (SSSR count). The number of aromatic nitrogens is 1. The van der Waals surface area contributed by atoms with E-state index in [4.69, 9.17) is 15.1 Å². The minimum Gasteiger partial charge on any atom is -0.497 e. The van der Waals surface area contributed by atoms with Crippen LogP contribution >= 0.6 is 0 Å². The molecule has 0 saturated carbocycles. The highest BCUT2D eigenvalue weighted by atomic mass is 16.5. The van der Waals surface area contributed by atoms with Crippen molar-refractivity contribution in [1.82, 2.24) is 4.57 Å². The first kappa shape index (κ1) is 13.8. The van der Waals surface area contributed by atoms with Gasteiger partial charge in [-0.1, -0.05) is 12.1 Å². The van der Waals surface area contributed by atoms with Crippen molar-refractivity contribution in [3.05, 3.63) is 52.3 Å². The molecule has 1 aromatic carbocycles. The van der Waals surface area contributed by atoms with Crippen LogP contribution in [0.1, 0.15) is 5.56 Å². The van der Waals surface area contributed by atoms with Gasteiger partial charge in [0.15, 0.2) is 0 Å². The lowest BCUT2D eigenvalue weighted by Crippen LogP contribution is -2.25. The van der Waals surface area contributed by atoms with Crippen molar-refractivity contribution >= 4 is 0 Å². The lowest BCUT2D eigenvalue weighted by molar-refractivity contribution is 0.275. The third kappa shape index (κ3) is 2.56. The van der Waals surface area contributed by atoms with E-state index in [2.05, 4.69) is 0 Å². The molecule has 0 saturated heterocycles. The molecule has 0 fully saturated rings. The number of aliphatic hydroxyl groups is 1. The van der Waals surface area contributed by atoms with Crippen molar-refractivity contribution in [2.75, 3.05) is 13.7 Å². The Morgan fingerprint density at radius 2 is 2.15 bits per heavy atom. The summed E-state index contributed by atoms with van der Waals surface area (Å²) in [6, 6.07) is 12.3. The fraction of sp³-hybridized carbons (Fsp3) is 0.200. The molecule has 1 heterocycles. The van der Waals surface area contributed by atoms with Gasteiger partial charge in [-0.2, -0.15) is 5.26 Å². The highest BCUT2D eigenvalue weighted by Crippen LogP contribution is 2.23. The maximum Gasteiger partial charge on any atom is 0.269 e. The summed E-state index contributed by atoms with van der Waals surface area (Å²) < 4.78 is 6.56. The molecule has 0 atom stereocenters. The molecule has 1 aromatic heterocycles. The smallest absolute Gasteiger partial charge is 0.269 e. The van der Waals surface area contributed by atoms with Crippen LogP contribution in [0.5, 0.6) is 5.75 Å². The zero-order valence-electron chi connectivity index (χ0n) is 11.0. The van der Waals surface area contributed by atoms with Crippen LogP contribution in [0.2, 0.25) is 0 Å². The summed E-state index contributed by atoms with van der Waals surface area (Å²) in [5.74, 6) is 0.676. The Labute approximate surface area is 116 Å². The number of rotatable bonds is 4. The normalized spacial score (nSPS) is 10.1. The Morgan fingerprint density at radius 3 is 2.80 bits per heavy atom. The van der Waals surface area contributed by atoms with Gasteiger partial charge < -0.3 is 14.4 Å². The Kier molecular flexibility index (Phi) is 4.18. The van der Waals surface area contributed by atoms with E-state index in [-0.39, 0.29) is 18.7 Å².